The lowest BCUT2D eigenvalue weighted by Crippen LogP contribution is -2.37. The SMILES string of the molecule is COc1cc2c(Oc3ccc(NC(=O)C4C[C@H]4C)cc3F)ncnc2cc1OCCCN1CCOCC1. The number of nitrogens with one attached hydrogen (secondary N) is 1. The van der Waals surface area contributed by atoms with E-state index < -0.39 is 5.82 Å². The summed E-state index contributed by atoms with van der Waals surface area (Å²) in [5.41, 5.74) is 0.968. The van der Waals surface area contributed by atoms with Crippen LogP contribution in [0.4, 0.5) is 10.1 Å². The first kappa shape index (κ1) is 25.2. The van der Waals surface area contributed by atoms with Crippen LogP contribution in [0, 0.1) is 17.7 Å². The number of methoxy groups -OCH3 is 1. The average Bonchev–Trinajstić information content (AvgIpc) is 3.65. The number of halogens is 1. The lowest BCUT2D eigenvalue weighted by molar-refractivity contribution is -0.117. The van der Waals surface area contributed by atoms with Crippen molar-refractivity contribution in [3.63, 3.8) is 0 Å². The monoisotopic (exact) mass is 510 g/mol. The fourth-order valence-corrected chi connectivity index (χ4v) is 4.38. The highest BCUT2D eigenvalue weighted by Gasteiger charge is 2.39. The molecule has 1 aromatic heterocycles. The minimum atomic E-state index is -0.611. The first-order chi connectivity index (χ1) is 18.0. The number of morpholine rings is 1. The molecule has 1 aliphatic carbocycles. The lowest BCUT2D eigenvalue weighted by atomic mass is 10.2. The van der Waals surface area contributed by atoms with Gasteiger partial charge in [0.05, 0.1) is 37.8 Å². The first-order valence-electron chi connectivity index (χ1n) is 12.6. The zero-order chi connectivity index (χ0) is 25.8. The van der Waals surface area contributed by atoms with Crippen molar-refractivity contribution in [3.05, 3.63) is 42.5 Å². The minimum absolute atomic E-state index is 0.00000815. The van der Waals surface area contributed by atoms with E-state index in [1.807, 2.05) is 6.92 Å². The Balaban J connectivity index is 1.27. The molecule has 1 saturated carbocycles. The summed E-state index contributed by atoms with van der Waals surface area (Å²) in [7, 11) is 1.56. The Morgan fingerprint density at radius 2 is 1.97 bits per heavy atom. The van der Waals surface area contributed by atoms with Gasteiger partial charge in [0.15, 0.2) is 23.1 Å². The molecule has 2 aliphatic rings. The molecule has 1 aliphatic heterocycles. The van der Waals surface area contributed by atoms with Gasteiger partial charge in [-0.25, -0.2) is 14.4 Å². The van der Waals surface area contributed by atoms with Gasteiger partial charge < -0.3 is 24.3 Å². The molecule has 2 atom stereocenters. The third kappa shape index (κ3) is 6.08. The maximum Gasteiger partial charge on any atom is 0.230 e. The van der Waals surface area contributed by atoms with Gasteiger partial charge in [-0.15, -0.1) is 0 Å². The molecule has 1 saturated heterocycles. The second kappa shape index (κ2) is 11.3. The van der Waals surface area contributed by atoms with Crippen LogP contribution >= 0.6 is 0 Å². The molecule has 1 amide bonds. The fraction of sp³-hybridized carbons (Fsp3) is 0.444. The maximum absolute atomic E-state index is 14.8. The minimum Gasteiger partial charge on any atom is -0.493 e. The van der Waals surface area contributed by atoms with Gasteiger partial charge in [0.2, 0.25) is 11.8 Å². The average molecular weight is 511 g/mol. The third-order valence-electron chi connectivity index (χ3n) is 6.72. The predicted octanol–water partition coefficient (Wildman–Crippen LogP) is 4.27. The van der Waals surface area contributed by atoms with Gasteiger partial charge in [0.25, 0.3) is 0 Å². The number of amides is 1. The third-order valence-corrected chi connectivity index (χ3v) is 6.72. The number of ether oxygens (including phenoxy) is 4. The predicted molar refractivity (Wildman–Crippen MR) is 136 cm³/mol. The molecule has 37 heavy (non-hydrogen) atoms. The number of fused-ring (bicyclic) bond motifs is 1. The summed E-state index contributed by atoms with van der Waals surface area (Å²) in [4.78, 5) is 23.0. The van der Waals surface area contributed by atoms with Gasteiger partial charge in [-0.1, -0.05) is 6.92 Å². The smallest absolute Gasteiger partial charge is 0.230 e. The van der Waals surface area contributed by atoms with Crippen molar-refractivity contribution in [1.29, 1.82) is 0 Å². The topological polar surface area (TPSA) is 95.0 Å². The van der Waals surface area contributed by atoms with Gasteiger partial charge in [-0.3, -0.25) is 9.69 Å². The van der Waals surface area contributed by atoms with E-state index in [1.54, 1.807) is 25.3 Å². The quantitative estimate of drug-likeness (QED) is 0.404. The number of nitrogens with zero attached hydrogens (tertiary/aromatic N) is 3. The van der Waals surface area contributed by atoms with Crippen molar-refractivity contribution in [2.45, 2.75) is 19.8 Å². The van der Waals surface area contributed by atoms with Gasteiger partial charge in [-0.2, -0.15) is 0 Å². The molecule has 0 radical (unpaired) electrons. The van der Waals surface area contributed by atoms with Crippen molar-refractivity contribution >= 4 is 22.5 Å². The molecule has 0 spiro atoms. The van der Waals surface area contributed by atoms with Crippen LogP contribution in [-0.4, -0.2) is 67.3 Å². The van der Waals surface area contributed by atoms with Crippen LogP contribution < -0.4 is 19.5 Å². The second-order valence-electron chi connectivity index (χ2n) is 9.41. The fourth-order valence-electron chi connectivity index (χ4n) is 4.38. The Bertz CT molecular complexity index is 1270. The number of aromatic nitrogens is 2. The van der Waals surface area contributed by atoms with E-state index >= 15 is 0 Å². The van der Waals surface area contributed by atoms with Crippen LogP contribution in [0.1, 0.15) is 19.8 Å². The van der Waals surface area contributed by atoms with E-state index in [9.17, 15) is 9.18 Å². The Kier molecular flexibility index (Phi) is 7.66. The van der Waals surface area contributed by atoms with E-state index in [0.29, 0.717) is 40.6 Å². The normalized spacial score (nSPS) is 19.4. The van der Waals surface area contributed by atoms with Gasteiger partial charge >= 0.3 is 0 Å². The molecule has 5 rings (SSSR count). The molecule has 9 nitrogen and oxygen atoms in total. The van der Waals surface area contributed by atoms with E-state index in [0.717, 1.165) is 45.7 Å². The summed E-state index contributed by atoms with van der Waals surface area (Å²) in [6.07, 6.45) is 3.09. The van der Waals surface area contributed by atoms with Crippen molar-refractivity contribution < 1.29 is 28.1 Å². The summed E-state index contributed by atoms with van der Waals surface area (Å²) in [5, 5.41) is 3.31. The Morgan fingerprint density at radius 3 is 2.70 bits per heavy atom. The molecule has 10 heteroatoms. The Morgan fingerprint density at radius 1 is 1.16 bits per heavy atom. The van der Waals surface area contributed by atoms with Crippen LogP contribution in [0.25, 0.3) is 10.9 Å². The van der Waals surface area contributed by atoms with Crippen LogP contribution in [-0.2, 0) is 9.53 Å². The van der Waals surface area contributed by atoms with Crippen LogP contribution in [0.3, 0.4) is 0 Å². The van der Waals surface area contributed by atoms with Crippen LogP contribution in [0.2, 0.25) is 0 Å². The zero-order valence-electron chi connectivity index (χ0n) is 21.0. The summed E-state index contributed by atoms with van der Waals surface area (Å²) in [6.45, 7) is 6.91. The lowest BCUT2D eigenvalue weighted by Gasteiger charge is -2.26. The maximum atomic E-state index is 14.8. The largest absolute Gasteiger partial charge is 0.493 e. The number of benzene rings is 2. The molecule has 3 aromatic rings. The van der Waals surface area contributed by atoms with E-state index in [-0.39, 0.29) is 23.5 Å². The number of carbonyl (C=O) groups is 1. The molecule has 0 bridgehead atoms. The molecule has 2 heterocycles. The van der Waals surface area contributed by atoms with E-state index in [2.05, 4.69) is 20.2 Å². The number of anilines is 1. The highest BCUT2D eigenvalue weighted by Crippen LogP contribution is 2.39. The van der Waals surface area contributed by atoms with Crippen LogP contribution in [0.5, 0.6) is 23.1 Å². The number of hydrogen-bond acceptors (Lipinski definition) is 8. The first-order valence-corrected chi connectivity index (χ1v) is 12.6. The molecule has 1 unspecified atom stereocenters. The Hall–Kier alpha value is -3.50. The van der Waals surface area contributed by atoms with Crippen molar-refractivity contribution in [2.75, 3.05) is 51.9 Å². The number of hydrogen-bond donors (Lipinski definition) is 1. The molecule has 2 aromatic carbocycles. The van der Waals surface area contributed by atoms with E-state index in [4.69, 9.17) is 18.9 Å². The molecular weight excluding hydrogens is 479 g/mol. The van der Waals surface area contributed by atoms with E-state index in [1.165, 1.54) is 18.5 Å². The van der Waals surface area contributed by atoms with Gasteiger partial charge in [-0.05, 0) is 37.0 Å². The second-order valence-corrected chi connectivity index (χ2v) is 9.41. The van der Waals surface area contributed by atoms with Crippen molar-refractivity contribution in [3.8, 4) is 23.1 Å². The number of carbonyl (C=O) groups excluding carboxylic acids is 1. The summed E-state index contributed by atoms with van der Waals surface area (Å²) >= 11 is 0. The standard InChI is InChI=1S/C27H31FN4O5/c1-17-12-19(17)26(33)31-18-4-5-23(21(28)13-18)37-27-20-14-24(34-2)25(15-22(20)29-16-30-27)36-9-3-6-32-7-10-35-11-8-32/h4-5,13-17,19H,3,6-12H2,1-2H3,(H,31,33)/t17-,19?/m1/s1. The van der Waals surface area contributed by atoms with Crippen molar-refractivity contribution in [2.24, 2.45) is 11.8 Å². The zero-order valence-corrected chi connectivity index (χ0v) is 21.0. The summed E-state index contributed by atoms with van der Waals surface area (Å²) < 4.78 is 37.6. The Labute approximate surface area is 214 Å². The molecular formula is C27H31FN4O5. The molecule has 2 fully saturated rings. The summed E-state index contributed by atoms with van der Waals surface area (Å²) in [6, 6.07) is 7.82. The number of rotatable bonds is 10. The van der Waals surface area contributed by atoms with Crippen molar-refractivity contribution in [1.82, 2.24) is 14.9 Å². The highest BCUT2D eigenvalue weighted by molar-refractivity contribution is 5.94. The summed E-state index contributed by atoms with van der Waals surface area (Å²) in [5.74, 6) is 0.916. The molecule has 1 N–H and O–H groups in total. The van der Waals surface area contributed by atoms with Crippen LogP contribution in [0.15, 0.2) is 36.7 Å². The highest BCUT2D eigenvalue weighted by atomic mass is 19.1. The molecule has 196 valence electrons. The van der Waals surface area contributed by atoms with Gasteiger partial charge in [0.1, 0.15) is 6.33 Å². The van der Waals surface area contributed by atoms with Gasteiger partial charge in [0, 0.05) is 43.4 Å².